The molecule has 0 saturated heterocycles. The number of nitrogens with one attached hydrogen (secondary N) is 1. The number of thioether (sulfide) groups is 1. The fourth-order valence-corrected chi connectivity index (χ4v) is 4.82. The number of nitrogens with zero attached hydrogens (tertiary/aromatic N) is 2. The maximum atomic E-state index is 12.5. The van der Waals surface area contributed by atoms with E-state index in [4.69, 9.17) is 14.6 Å². The molecule has 1 aliphatic rings. The molecule has 3 aromatic rings. The van der Waals surface area contributed by atoms with Crippen molar-refractivity contribution in [2.45, 2.75) is 19.1 Å². The number of ether oxygens (including phenoxy) is 2. The number of carbonyl (C=O) groups excluding carboxylic acids is 1. The van der Waals surface area contributed by atoms with E-state index in [0.29, 0.717) is 11.6 Å². The van der Waals surface area contributed by atoms with Crippen molar-refractivity contribution in [2.75, 3.05) is 25.3 Å². The van der Waals surface area contributed by atoms with Gasteiger partial charge in [-0.3, -0.25) is 4.79 Å². The Morgan fingerprint density at radius 3 is 2.69 bits per heavy atom. The molecule has 7 heteroatoms. The minimum absolute atomic E-state index is 0.0416. The predicted molar refractivity (Wildman–Crippen MR) is 116 cm³/mol. The molecule has 1 aromatic heterocycles. The molecule has 1 amide bonds. The molecule has 0 bridgehead atoms. The molecule has 0 saturated carbocycles. The van der Waals surface area contributed by atoms with E-state index in [9.17, 15) is 4.79 Å². The normalized spacial score (nSPS) is 16.0. The molecular weight excluding hydrogens is 386 g/mol. The highest BCUT2D eigenvalue weighted by Gasteiger charge is 2.32. The zero-order chi connectivity index (χ0) is 20.5. The van der Waals surface area contributed by atoms with E-state index in [1.807, 2.05) is 54.9 Å². The molecule has 29 heavy (non-hydrogen) atoms. The van der Waals surface area contributed by atoms with Gasteiger partial charge in [0.1, 0.15) is 17.3 Å². The van der Waals surface area contributed by atoms with Crippen LogP contribution in [-0.4, -0.2) is 35.7 Å². The van der Waals surface area contributed by atoms with Gasteiger partial charge in [-0.05, 0) is 37.6 Å². The fraction of sp³-hybridized carbons (Fsp3) is 0.273. The molecule has 1 unspecified atom stereocenters. The summed E-state index contributed by atoms with van der Waals surface area (Å²) in [6.45, 7) is 4.02. The van der Waals surface area contributed by atoms with Crippen molar-refractivity contribution < 1.29 is 14.3 Å². The minimum Gasteiger partial charge on any atom is -0.497 e. The molecule has 150 valence electrons. The van der Waals surface area contributed by atoms with E-state index >= 15 is 0 Å². The number of amides is 1. The Labute approximate surface area is 174 Å². The third-order valence-corrected chi connectivity index (χ3v) is 6.23. The van der Waals surface area contributed by atoms with Crippen LogP contribution in [0.2, 0.25) is 0 Å². The van der Waals surface area contributed by atoms with Gasteiger partial charge < -0.3 is 14.8 Å². The number of hydrogen-bond donors (Lipinski definition) is 1. The molecule has 1 aliphatic heterocycles. The van der Waals surface area contributed by atoms with Gasteiger partial charge in [0.15, 0.2) is 0 Å². The minimum atomic E-state index is -0.0941. The first-order valence-electron chi connectivity index (χ1n) is 9.31. The molecular formula is C22H23N3O3S. The Morgan fingerprint density at radius 2 is 1.97 bits per heavy atom. The summed E-state index contributed by atoms with van der Waals surface area (Å²) in [6.07, 6.45) is 0. The SMILES string of the molecule is COc1ccc(C2SCC(=O)Nc3c2c(C)nn3-c2cccc(C)c2)c(OC)c1. The van der Waals surface area contributed by atoms with E-state index in [1.54, 1.807) is 26.0 Å². The first kappa shape index (κ1) is 19.4. The summed E-state index contributed by atoms with van der Waals surface area (Å²) in [5, 5.41) is 7.74. The molecule has 2 aromatic carbocycles. The second-order valence-electron chi connectivity index (χ2n) is 6.95. The molecule has 0 aliphatic carbocycles. The van der Waals surface area contributed by atoms with Gasteiger partial charge >= 0.3 is 0 Å². The highest BCUT2D eigenvalue weighted by molar-refractivity contribution is 8.00. The third kappa shape index (κ3) is 3.58. The van der Waals surface area contributed by atoms with Gasteiger partial charge in [-0.25, -0.2) is 4.68 Å². The summed E-state index contributed by atoms with van der Waals surface area (Å²) >= 11 is 1.57. The predicted octanol–water partition coefficient (Wildman–Crippen LogP) is 4.28. The maximum Gasteiger partial charge on any atom is 0.235 e. The number of anilines is 1. The van der Waals surface area contributed by atoms with Crippen molar-refractivity contribution in [3.63, 3.8) is 0 Å². The van der Waals surface area contributed by atoms with Crippen molar-refractivity contribution in [3.05, 3.63) is 64.8 Å². The monoisotopic (exact) mass is 409 g/mol. The highest BCUT2D eigenvalue weighted by Crippen LogP contribution is 2.47. The van der Waals surface area contributed by atoms with Gasteiger partial charge in [0.2, 0.25) is 5.91 Å². The van der Waals surface area contributed by atoms with E-state index in [0.717, 1.165) is 39.6 Å². The second-order valence-corrected chi connectivity index (χ2v) is 8.04. The molecule has 0 fully saturated rings. The van der Waals surface area contributed by atoms with Crippen molar-refractivity contribution in [3.8, 4) is 17.2 Å². The lowest BCUT2D eigenvalue weighted by Gasteiger charge is -2.19. The van der Waals surface area contributed by atoms with Gasteiger partial charge in [0.05, 0.1) is 36.6 Å². The first-order valence-corrected chi connectivity index (χ1v) is 10.4. The summed E-state index contributed by atoms with van der Waals surface area (Å²) in [6, 6.07) is 13.9. The molecule has 0 spiro atoms. The van der Waals surface area contributed by atoms with Crippen LogP contribution in [0.25, 0.3) is 5.69 Å². The van der Waals surface area contributed by atoms with E-state index < -0.39 is 0 Å². The topological polar surface area (TPSA) is 65.4 Å². The summed E-state index contributed by atoms with van der Waals surface area (Å²) in [5.74, 6) is 2.48. The average Bonchev–Trinajstić information content (AvgIpc) is 2.93. The van der Waals surface area contributed by atoms with Crippen LogP contribution in [0.5, 0.6) is 11.5 Å². The van der Waals surface area contributed by atoms with Gasteiger partial charge in [-0.1, -0.05) is 18.2 Å². The number of rotatable bonds is 4. The Balaban J connectivity index is 1.90. The number of benzene rings is 2. The molecule has 6 nitrogen and oxygen atoms in total. The second kappa shape index (κ2) is 7.83. The van der Waals surface area contributed by atoms with Crippen molar-refractivity contribution >= 4 is 23.5 Å². The maximum absolute atomic E-state index is 12.5. The summed E-state index contributed by atoms with van der Waals surface area (Å²) in [7, 11) is 3.28. The lowest BCUT2D eigenvalue weighted by Crippen LogP contribution is -2.15. The Kier molecular flexibility index (Phi) is 5.24. The highest BCUT2D eigenvalue weighted by atomic mass is 32.2. The quantitative estimate of drug-likeness (QED) is 0.697. The Bertz CT molecular complexity index is 1080. The largest absolute Gasteiger partial charge is 0.497 e. The Hall–Kier alpha value is -2.93. The first-order chi connectivity index (χ1) is 14.0. The van der Waals surface area contributed by atoms with Gasteiger partial charge in [-0.2, -0.15) is 5.10 Å². The zero-order valence-electron chi connectivity index (χ0n) is 16.9. The number of carbonyl (C=O) groups is 1. The molecule has 4 rings (SSSR count). The lowest BCUT2D eigenvalue weighted by molar-refractivity contribution is -0.113. The summed E-state index contributed by atoms with van der Waals surface area (Å²) < 4.78 is 12.8. The van der Waals surface area contributed by atoms with Crippen molar-refractivity contribution in [2.24, 2.45) is 0 Å². The lowest BCUT2D eigenvalue weighted by atomic mass is 10.0. The Morgan fingerprint density at radius 1 is 1.14 bits per heavy atom. The van der Waals surface area contributed by atoms with Gasteiger partial charge in [0, 0.05) is 17.2 Å². The van der Waals surface area contributed by atoms with Crippen LogP contribution in [-0.2, 0) is 4.79 Å². The van der Waals surface area contributed by atoms with Crippen LogP contribution < -0.4 is 14.8 Å². The zero-order valence-corrected chi connectivity index (χ0v) is 17.7. The number of fused-ring (bicyclic) bond motifs is 1. The number of hydrogen-bond acceptors (Lipinski definition) is 5. The molecule has 1 atom stereocenters. The van der Waals surface area contributed by atoms with E-state index in [1.165, 1.54) is 0 Å². The van der Waals surface area contributed by atoms with Crippen LogP contribution in [0.15, 0.2) is 42.5 Å². The third-order valence-electron chi connectivity index (χ3n) is 4.98. The van der Waals surface area contributed by atoms with Gasteiger partial charge in [0.25, 0.3) is 0 Å². The molecule has 2 heterocycles. The number of aromatic nitrogens is 2. The fourth-order valence-electron chi connectivity index (χ4n) is 3.61. The number of aryl methyl sites for hydroxylation is 2. The smallest absolute Gasteiger partial charge is 0.235 e. The van der Waals surface area contributed by atoms with Gasteiger partial charge in [-0.15, -0.1) is 11.8 Å². The summed E-state index contributed by atoms with van der Waals surface area (Å²) in [5.41, 5.74) is 4.90. The van der Waals surface area contributed by atoms with Crippen molar-refractivity contribution in [1.29, 1.82) is 0 Å². The molecule has 0 radical (unpaired) electrons. The van der Waals surface area contributed by atoms with E-state index in [2.05, 4.69) is 11.4 Å². The standard InChI is InChI=1S/C22H23N3O3S/c1-13-6-5-7-15(10-13)25-22-20(14(2)24-25)21(29-12-19(26)23-22)17-9-8-16(27-3)11-18(17)28-4/h5-11,21H,12H2,1-4H3,(H,23,26). The average molecular weight is 410 g/mol. The van der Waals surface area contributed by atoms with Crippen LogP contribution in [0, 0.1) is 13.8 Å². The summed E-state index contributed by atoms with van der Waals surface area (Å²) in [4.78, 5) is 12.5. The van der Waals surface area contributed by atoms with Crippen LogP contribution in [0.1, 0.15) is 27.6 Å². The van der Waals surface area contributed by atoms with Crippen LogP contribution in [0.4, 0.5) is 5.82 Å². The van der Waals surface area contributed by atoms with Crippen LogP contribution in [0.3, 0.4) is 0 Å². The van der Waals surface area contributed by atoms with Crippen LogP contribution >= 0.6 is 11.8 Å². The molecule has 1 N–H and O–H groups in total. The van der Waals surface area contributed by atoms with Crippen molar-refractivity contribution in [1.82, 2.24) is 9.78 Å². The number of methoxy groups -OCH3 is 2. The van der Waals surface area contributed by atoms with E-state index in [-0.39, 0.29) is 11.2 Å².